The lowest BCUT2D eigenvalue weighted by molar-refractivity contribution is 0.0829. The van der Waals surface area contributed by atoms with Crippen LogP contribution in [-0.2, 0) is 0 Å². The van der Waals surface area contributed by atoms with Gasteiger partial charge in [0.1, 0.15) is 5.75 Å². The van der Waals surface area contributed by atoms with Gasteiger partial charge in [0.2, 0.25) is 0 Å². The average molecular weight is 222 g/mol. The molecule has 1 aromatic carbocycles. The van der Waals surface area contributed by atoms with Gasteiger partial charge in [-0.3, -0.25) is 0 Å². The van der Waals surface area contributed by atoms with Crippen molar-refractivity contribution in [2.75, 3.05) is 12.4 Å². The van der Waals surface area contributed by atoms with Crippen LogP contribution in [0.3, 0.4) is 0 Å². The van der Waals surface area contributed by atoms with Crippen molar-refractivity contribution in [3.05, 3.63) is 29.8 Å². The van der Waals surface area contributed by atoms with Crippen LogP contribution in [0.2, 0.25) is 0 Å². The third-order valence-corrected chi connectivity index (χ3v) is 3.99. The number of aryl methyl sites for hydroxylation is 1. The van der Waals surface area contributed by atoms with Crippen molar-refractivity contribution in [1.29, 1.82) is 0 Å². The zero-order chi connectivity index (χ0) is 10.7. The van der Waals surface area contributed by atoms with Gasteiger partial charge in [-0.05, 0) is 37.7 Å². The molecule has 0 unspecified atom stereocenters. The van der Waals surface area contributed by atoms with E-state index in [2.05, 4.69) is 31.7 Å². The molecule has 0 aliphatic heterocycles. The SMILES string of the molecule is Cc1ccc(OCC2(CS)CCC2)cc1. The smallest absolute Gasteiger partial charge is 0.119 e. The summed E-state index contributed by atoms with van der Waals surface area (Å²) in [7, 11) is 0. The molecule has 0 N–H and O–H groups in total. The van der Waals surface area contributed by atoms with Crippen molar-refractivity contribution in [1.82, 2.24) is 0 Å². The summed E-state index contributed by atoms with van der Waals surface area (Å²) in [6.07, 6.45) is 3.86. The molecule has 0 heterocycles. The molecule has 0 radical (unpaired) electrons. The van der Waals surface area contributed by atoms with Crippen LogP contribution in [0.1, 0.15) is 24.8 Å². The van der Waals surface area contributed by atoms with E-state index >= 15 is 0 Å². The van der Waals surface area contributed by atoms with Crippen molar-refractivity contribution >= 4 is 12.6 Å². The van der Waals surface area contributed by atoms with E-state index in [0.29, 0.717) is 5.41 Å². The number of ether oxygens (including phenoxy) is 1. The molecule has 0 aromatic heterocycles. The summed E-state index contributed by atoms with van der Waals surface area (Å²) in [5.41, 5.74) is 1.63. The number of hydrogen-bond acceptors (Lipinski definition) is 2. The molecule has 0 saturated heterocycles. The lowest BCUT2D eigenvalue weighted by Crippen LogP contribution is -2.37. The Bertz CT molecular complexity index is 308. The van der Waals surface area contributed by atoms with Gasteiger partial charge in [0.15, 0.2) is 0 Å². The van der Waals surface area contributed by atoms with Gasteiger partial charge >= 0.3 is 0 Å². The van der Waals surface area contributed by atoms with Crippen LogP contribution in [-0.4, -0.2) is 12.4 Å². The first-order chi connectivity index (χ1) is 7.24. The van der Waals surface area contributed by atoms with Gasteiger partial charge in [0.25, 0.3) is 0 Å². The van der Waals surface area contributed by atoms with Crippen LogP contribution in [0, 0.1) is 12.3 Å². The van der Waals surface area contributed by atoms with E-state index in [1.165, 1.54) is 24.8 Å². The first-order valence-corrected chi connectivity index (χ1v) is 6.18. The van der Waals surface area contributed by atoms with Crippen LogP contribution in [0.15, 0.2) is 24.3 Å². The van der Waals surface area contributed by atoms with Gasteiger partial charge in [-0.15, -0.1) is 0 Å². The second-order valence-electron chi connectivity index (χ2n) is 4.61. The highest BCUT2D eigenvalue weighted by molar-refractivity contribution is 7.80. The van der Waals surface area contributed by atoms with Crippen molar-refractivity contribution in [3.8, 4) is 5.75 Å². The molecule has 1 aromatic rings. The zero-order valence-corrected chi connectivity index (χ0v) is 10.1. The fraction of sp³-hybridized carbons (Fsp3) is 0.538. The maximum absolute atomic E-state index is 5.81. The molecule has 82 valence electrons. The van der Waals surface area contributed by atoms with E-state index in [-0.39, 0.29) is 0 Å². The highest BCUT2D eigenvalue weighted by Gasteiger charge is 2.36. The highest BCUT2D eigenvalue weighted by atomic mass is 32.1. The normalized spacial score (nSPS) is 18.3. The Morgan fingerprint density at radius 1 is 1.27 bits per heavy atom. The lowest BCUT2D eigenvalue weighted by atomic mass is 9.71. The van der Waals surface area contributed by atoms with E-state index in [0.717, 1.165) is 18.1 Å². The standard InChI is InChI=1S/C13H18OS/c1-11-3-5-12(6-4-11)14-9-13(10-15)7-2-8-13/h3-6,15H,2,7-10H2,1H3. The Morgan fingerprint density at radius 2 is 1.93 bits per heavy atom. The van der Waals surface area contributed by atoms with E-state index in [9.17, 15) is 0 Å². The fourth-order valence-corrected chi connectivity index (χ4v) is 2.30. The molecule has 1 aliphatic rings. The summed E-state index contributed by atoms with van der Waals surface area (Å²) in [6.45, 7) is 2.91. The monoisotopic (exact) mass is 222 g/mol. The number of rotatable bonds is 4. The Hall–Kier alpha value is -0.630. The summed E-state index contributed by atoms with van der Waals surface area (Å²) in [6, 6.07) is 8.26. The van der Waals surface area contributed by atoms with Crippen LogP contribution in [0.5, 0.6) is 5.75 Å². The van der Waals surface area contributed by atoms with E-state index in [1.54, 1.807) is 0 Å². The van der Waals surface area contributed by atoms with Crippen LogP contribution >= 0.6 is 12.6 Å². The van der Waals surface area contributed by atoms with Gasteiger partial charge < -0.3 is 4.74 Å². The van der Waals surface area contributed by atoms with Crippen molar-refractivity contribution in [3.63, 3.8) is 0 Å². The van der Waals surface area contributed by atoms with Crippen molar-refractivity contribution < 1.29 is 4.74 Å². The van der Waals surface area contributed by atoms with Crippen molar-refractivity contribution in [2.24, 2.45) is 5.41 Å². The fourth-order valence-electron chi connectivity index (χ4n) is 1.90. The largest absolute Gasteiger partial charge is 0.493 e. The molecule has 1 fully saturated rings. The topological polar surface area (TPSA) is 9.23 Å². The van der Waals surface area contributed by atoms with Crippen LogP contribution in [0.25, 0.3) is 0 Å². The first-order valence-electron chi connectivity index (χ1n) is 5.54. The summed E-state index contributed by atoms with van der Waals surface area (Å²) in [5, 5.41) is 0. The van der Waals surface area contributed by atoms with Gasteiger partial charge in [-0.2, -0.15) is 12.6 Å². The molecule has 0 amide bonds. The van der Waals surface area contributed by atoms with E-state index in [1.807, 2.05) is 12.1 Å². The zero-order valence-electron chi connectivity index (χ0n) is 9.20. The number of benzene rings is 1. The second-order valence-corrected chi connectivity index (χ2v) is 4.93. The maximum Gasteiger partial charge on any atom is 0.119 e. The Morgan fingerprint density at radius 3 is 2.40 bits per heavy atom. The number of thiol groups is 1. The Balaban J connectivity index is 1.90. The lowest BCUT2D eigenvalue weighted by Gasteiger charge is -2.40. The first kappa shape index (κ1) is 10.9. The predicted molar refractivity (Wildman–Crippen MR) is 66.8 cm³/mol. The third kappa shape index (κ3) is 2.49. The minimum Gasteiger partial charge on any atom is -0.493 e. The van der Waals surface area contributed by atoms with E-state index in [4.69, 9.17) is 4.74 Å². The second kappa shape index (κ2) is 4.48. The van der Waals surface area contributed by atoms with Gasteiger partial charge in [0, 0.05) is 5.41 Å². The Labute approximate surface area is 97.2 Å². The van der Waals surface area contributed by atoms with Crippen molar-refractivity contribution in [2.45, 2.75) is 26.2 Å². The molecule has 1 saturated carbocycles. The summed E-state index contributed by atoms with van der Waals surface area (Å²) < 4.78 is 5.81. The quantitative estimate of drug-likeness (QED) is 0.767. The van der Waals surface area contributed by atoms with Gasteiger partial charge in [0.05, 0.1) is 6.61 Å². The van der Waals surface area contributed by atoms with Gasteiger partial charge in [-0.25, -0.2) is 0 Å². The average Bonchev–Trinajstić information content (AvgIpc) is 2.20. The molecule has 0 bridgehead atoms. The summed E-state index contributed by atoms with van der Waals surface area (Å²) in [5.74, 6) is 1.92. The molecule has 1 aliphatic carbocycles. The van der Waals surface area contributed by atoms with E-state index < -0.39 is 0 Å². The molecular weight excluding hydrogens is 204 g/mol. The number of hydrogen-bond donors (Lipinski definition) is 1. The highest BCUT2D eigenvalue weighted by Crippen LogP contribution is 2.42. The van der Waals surface area contributed by atoms with Gasteiger partial charge in [-0.1, -0.05) is 24.1 Å². The molecule has 15 heavy (non-hydrogen) atoms. The molecular formula is C13H18OS. The predicted octanol–water partition coefficient (Wildman–Crippen LogP) is 3.47. The van der Waals surface area contributed by atoms with Crippen LogP contribution in [0.4, 0.5) is 0 Å². The maximum atomic E-state index is 5.81. The third-order valence-electron chi connectivity index (χ3n) is 3.32. The molecule has 2 heteroatoms. The molecule has 0 atom stereocenters. The Kier molecular flexibility index (Phi) is 3.25. The molecule has 1 nitrogen and oxygen atoms in total. The van der Waals surface area contributed by atoms with Crippen LogP contribution < -0.4 is 4.74 Å². The minimum absolute atomic E-state index is 0.355. The molecule has 2 rings (SSSR count). The summed E-state index contributed by atoms with van der Waals surface area (Å²) in [4.78, 5) is 0. The minimum atomic E-state index is 0.355. The summed E-state index contributed by atoms with van der Waals surface area (Å²) >= 11 is 4.42. The molecule has 0 spiro atoms.